The Balaban J connectivity index is 1.50. The van der Waals surface area contributed by atoms with Gasteiger partial charge in [-0.25, -0.2) is 17.7 Å². The maximum atomic E-state index is 12.5. The van der Waals surface area contributed by atoms with Crippen LogP contribution in [0.4, 0.5) is 0 Å². The fraction of sp³-hybridized carbons (Fsp3) is 0.611. The summed E-state index contributed by atoms with van der Waals surface area (Å²) in [6.45, 7) is 5.16. The average molecular weight is 389 g/mol. The van der Waals surface area contributed by atoms with E-state index in [1.807, 2.05) is 19.2 Å². The number of hydrogen-bond acceptors (Lipinski definition) is 5. The number of fused-ring (bicyclic) bond motifs is 4. The third kappa shape index (κ3) is 2.20. The Labute approximate surface area is 159 Å². The summed E-state index contributed by atoms with van der Waals surface area (Å²) in [5.74, 6) is 0.319. The summed E-state index contributed by atoms with van der Waals surface area (Å²) >= 11 is 0. The fourth-order valence-electron chi connectivity index (χ4n) is 5.62. The van der Waals surface area contributed by atoms with Gasteiger partial charge in [-0.3, -0.25) is 0 Å². The van der Waals surface area contributed by atoms with Crippen LogP contribution in [0.25, 0.3) is 11.0 Å². The molecule has 7 nitrogen and oxygen atoms in total. The molecule has 1 aliphatic carbocycles. The van der Waals surface area contributed by atoms with E-state index < -0.39 is 22.7 Å². The molecule has 2 aromatic heterocycles. The van der Waals surface area contributed by atoms with E-state index >= 15 is 0 Å². The summed E-state index contributed by atoms with van der Waals surface area (Å²) in [7, 11) is -4.16. The third-order valence-corrected chi connectivity index (χ3v) is 9.09. The largest absolute Gasteiger partial charge is 0.493 e. The van der Waals surface area contributed by atoms with Gasteiger partial charge in [0.05, 0.1) is 11.4 Å². The molecule has 0 radical (unpaired) electrons. The first-order valence-electron chi connectivity index (χ1n) is 9.63. The van der Waals surface area contributed by atoms with Crippen LogP contribution in [0.1, 0.15) is 38.7 Å². The lowest BCUT2D eigenvalue weighted by atomic mass is 9.49. The number of pyridine rings is 1. The minimum atomic E-state index is -3.18. The number of nitrogens with zero attached hydrogens (tertiary/aromatic N) is 2. The van der Waals surface area contributed by atoms with Gasteiger partial charge in [0.15, 0.2) is 0 Å². The van der Waals surface area contributed by atoms with E-state index in [4.69, 9.17) is 4.65 Å². The van der Waals surface area contributed by atoms with Crippen molar-refractivity contribution >= 4 is 33.6 Å². The highest BCUT2D eigenvalue weighted by Crippen LogP contribution is 2.66. The van der Waals surface area contributed by atoms with E-state index in [1.165, 1.54) is 0 Å². The number of hydrogen-bond donors (Lipinski definition) is 2. The van der Waals surface area contributed by atoms with Gasteiger partial charge in [-0.2, -0.15) is 0 Å². The molecule has 3 aliphatic rings. The van der Waals surface area contributed by atoms with Crippen molar-refractivity contribution in [2.24, 2.45) is 11.3 Å². The van der Waals surface area contributed by atoms with Crippen molar-refractivity contribution in [1.29, 1.82) is 0 Å². The van der Waals surface area contributed by atoms with Crippen LogP contribution in [0.2, 0.25) is 0 Å². The van der Waals surface area contributed by atoms with Gasteiger partial charge < -0.3 is 14.7 Å². The van der Waals surface area contributed by atoms with Crippen molar-refractivity contribution in [2.75, 3.05) is 18.8 Å². The molecule has 2 spiro atoms. The summed E-state index contributed by atoms with van der Waals surface area (Å²) in [5.41, 5.74) is 1.89. The monoisotopic (exact) mass is 389 g/mol. The molecule has 5 rings (SSSR count). The number of aromatic amines is 1. The highest BCUT2D eigenvalue weighted by Gasteiger charge is 2.69. The van der Waals surface area contributed by atoms with Crippen molar-refractivity contribution in [3.05, 3.63) is 24.0 Å². The van der Waals surface area contributed by atoms with Crippen molar-refractivity contribution in [2.45, 2.75) is 38.7 Å². The number of aromatic nitrogens is 2. The molecule has 9 heteroatoms. The van der Waals surface area contributed by atoms with Gasteiger partial charge in [-0.1, -0.05) is 13.8 Å². The first-order valence-corrected chi connectivity index (χ1v) is 11.2. The molecular weight excluding hydrogens is 365 g/mol. The number of nitrogens with one attached hydrogen (secondary N) is 1. The van der Waals surface area contributed by atoms with Crippen LogP contribution in [-0.4, -0.2) is 53.7 Å². The van der Waals surface area contributed by atoms with Gasteiger partial charge in [0.25, 0.3) is 0 Å². The van der Waals surface area contributed by atoms with Gasteiger partial charge in [0.2, 0.25) is 10.0 Å². The topological polar surface area (TPSA) is 95.5 Å². The van der Waals surface area contributed by atoms with E-state index in [0.29, 0.717) is 19.5 Å². The zero-order valence-electron chi connectivity index (χ0n) is 15.6. The Kier molecular flexibility index (Phi) is 3.64. The Bertz CT molecular complexity index is 1020. The number of H-pyrrole nitrogens is 1. The molecule has 1 saturated heterocycles. The molecule has 1 saturated carbocycles. The molecule has 2 aromatic rings. The van der Waals surface area contributed by atoms with E-state index in [0.717, 1.165) is 34.9 Å². The Morgan fingerprint density at radius 2 is 2.33 bits per heavy atom. The molecule has 2 unspecified atom stereocenters. The molecule has 2 aliphatic heterocycles. The lowest BCUT2D eigenvalue weighted by Gasteiger charge is -2.59. The Morgan fingerprint density at radius 3 is 3.07 bits per heavy atom. The first kappa shape index (κ1) is 17.7. The normalized spacial score (nSPS) is 33.3. The van der Waals surface area contributed by atoms with Crippen LogP contribution in [0.5, 0.6) is 0 Å². The van der Waals surface area contributed by atoms with Crippen molar-refractivity contribution in [3.63, 3.8) is 0 Å². The predicted octanol–water partition coefficient (Wildman–Crippen LogP) is 0.948. The van der Waals surface area contributed by atoms with Gasteiger partial charge in [-0.15, -0.1) is 0 Å². The highest BCUT2D eigenvalue weighted by atomic mass is 32.2. The number of rotatable bonds is 3. The lowest BCUT2D eigenvalue weighted by Crippen LogP contribution is -2.60. The molecule has 2 fully saturated rings. The third-order valence-electron chi connectivity index (χ3n) is 7.07. The minimum absolute atomic E-state index is 0.0892. The smallest absolute Gasteiger partial charge is 0.423 e. The van der Waals surface area contributed by atoms with Crippen LogP contribution < -0.4 is 5.46 Å². The van der Waals surface area contributed by atoms with Gasteiger partial charge in [0, 0.05) is 36.3 Å². The molecular formula is C18H24BN3O4S. The second-order valence-corrected chi connectivity index (χ2v) is 10.4. The van der Waals surface area contributed by atoms with Crippen LogP contribution in [-0.2, 0) is 20.3 Å². The summed E-state index contributed by atoms with van der Waals surface area (Å²) in [6.07, 6.45) is 5.75. The maximum absolute atomic E-state index is 12.5. The Morgan fingerprint density at radius 1 is 1.52 bits per heavy atom. The molecule has 0 aromatic carbocycles. The zero-order valence-corrected chi connectivity index (χ0v) is 16.4. The van der Waals surface area contributed by atoms with E-state index in [9.17, 15) is 13.4 Å². The molecule has 4 heterocycles. The van der Waals surface area contributed by atoms with E-state index in [-0.39, 0.29) is 17.1 Å². The summed E-state index contributed by atoms with van der Waals surface area (Å²) in [5, 5.41) is 11.5. The van der Waals surface area contributed by atoms with Gasteiger partial charge in [0.1, 0.15) is 5.65 Å². The molecule has 0 amide bonds. The summed E-state index contributed by atoms with van der Waals surface area (Å²) in [4.78, 5) is 7.51. The van der Waals surface area contributed by atoms with Crippen molar-refractivity contribution < 1.29 is 18.1 Å². The molecule has 0 bridgehead atoms. The molecule has 27 heavy (non-hydrogen) atoms. The van der Waals surface area contributed by atoms with E-state index in [1.54, 1.807) is 10.5 Å². The summed E-state index contributed by atoms with van der Waals surface area (Å²) < 4.78 is 32.8. The average Bonchev–Trinajstić information content (AvgIpc) is 3.33. The SMILES string of the molecule is CCCS(=O)(=O)N1CCC2(C1)CC1(OB(O)c3cnc4[nH]ccc4c31)[C@H]2C. The summed E-state index contributed by atoms with van der Waals surface area (Å²) in [6, 6.07) is 1.98. The Hall–Kier alpha value is -1.42. The van der Waals surface area contributed by atoms with Gasteiger partial charge >= 0.3 is 7.12 Å². The minimum Gasteiger partial charge on any atom is -0.423 e. The van der Waals surface area contributed by atoms with Crippen LogP contribution in [0.3, 0.4) is 0 Å². The second kappa shape index (κ2) is 5.56. The molecule has 144 valence electrons. The van der Waals surface area contributed by atoms with Crippen LogP contribution >= 0.6 is 0 Å². The second-order valence-electron chi connectivity index (χ2n) is 8.35. The lowest BCUT2D eigenvalue weighted by molar-refractivity contribution is -0.170. The highest BCUT2D eigenvalue weighted by molar-refractivity contribution is 7.89. The van der Waals surface area contributed by atoms with Crippen LogP contribution in [0.15, 0.2) is 18.5 Å². The van der Waals surface area contributed by atoms with Crippen LogP contribution in [0, 0.1) is 11.3 Å². The van der Waals surface area contributed by atoms with E-state index in [2.05, 4.69) is 16.9 Å². The standard InChI is InChI=1S/C18H24BN3O4S/c1-3-8-27(24,25)22-7-5-17(11-22)10-18(12(17)2)15-13-4-6-20-16(13)21-9-14(15)19(23)26-18/h4,6,9,12,23H,3,5,7-8,10-11H2,1-2H3,(H,20,21)/t12-,17?,18?/m0/s1. The van der Waals surface area contributed by atoms with Crippen molar-refractivity contribution in [3.8, 4) is 0 Å². The fourth-order valence-corrected chi connectivity index (χ4v) is 7.22. The predicted molar refractivity (Wildman–Crippen MR) is 103 cm³/mol. The maximum Gasteiger partial charge on any atom is 0.493 e. The van der Waals surface area contributed by atoms with Gasteiger partial charge in [-0.05, 0) is 42.2 Å². The number of sulfonamides is 1. The molecule has 2 N–H and O–H groups in total. The van der Waals surface area contributed by atoms with Crippen molar-refractivity contribution in [1.82, 2.24) is 14.3 Å². The quantitative estimate of drug-likeness (QED) is 0.763. The molecule has 3 atom stereocenters. The zero-order chi connectivity index (χ0) is 19.0. The first-order chi connectivity index (χ1) is 12.8.